The molecule has 0 fully saturated rings. The molecule has 6 heteroatoms. The van der Waals surface area contributed by atoms with Gasteiger partial charge in [-0.05, 0) is 18.9 Å². The summed E-state index contributed by atoms with van der Waals surface area (Å²) in [5, 5.41) is 7.51. The quantitative estimate of drug-likeness (QED) is 0.846. The SMILES string of the molecule is CC/C=C1/Nc2ncnn2[C@H](/C=C/c2ccccc2)[C@H]1C(=O)OCC. The van der Waals surface area contributed by atoms with Gasteiger partial charge in [0.05, 0.1) is 12.6 Å². The number of nitrogens with one attached hydrogen (secondary N) is 1. The Morgan fingerprint density at radius 3 is 2.84 bits per heavy atom. The van der Waals surface area contributed by atoms with Crippen molar-refractivity contribution in [1.82, 2.24) is 14.8 Å². The Hall–Kier alpha value is -2.89. The van der Waals surface area contributed by atoms with Crippen LogP contribution in [0.5, 0.6) is 0 Å². The summed E-state index contributed by atoms with van der Waals surface area (Å²) in [6.07, 6.45) is 8.28. The molecule has 0 unspecified atom stereocenters. The van der Waals surface area contributed by atoms with E-state index in [2.05, 4.69) is 15.4 Å². The summed E-state index contributed by atoms with van der Waals surface area (Å²) in [4.78, 5) is 16.9. The van der Waals surface area contributed by atoms with E-state index in [0.29, 0.717) is 12.6 Å². The van der Waals surface area contributed by atoms with E-state index in [1.165, 1.54) is 6.33 Å². The highest BCUT2D eigenvalue weighted by molar-refractivity contribution is 5.79. The molecule has 2 aromatic rings. The average Bonchev–Trinajstić information content (AvgIpc) is 3.09. The van der Waals surface area contributed by atoms with E-state index in [0.717, 1.165) is 17.7 Å². The summed E-state index contributed by atoms with van der Waals surface area (Å²) in [6.45, 7) is 4.19. The smallest absolute Gasteiger partial charge is 0.317 e. The highest BCUT2D eigenvalue weighted by Crippen LogP contribution is 2.35. The normalized spacial score (nSPS) is 21.1. The number of rotatable bonds is 5. The molecule has 6 nitrogen and oxygen atoms in total. The average molecular weight is 338 g/mol. The maximum absolute atomic E-state index is 12.6. The predicted molar refractivity (Wildman–Crippen MR) is 96.7 cm³/mol. The zero-order chi connectivity index (χ0) is 17.6. The van der Waals surface area contributed by atoms with E-state index in [1.54, 1.807) is 4.68 Å². The zero-order valence-electron chi connectivity index (χ0n) is 14.4. The third kappa shape index (κ3) is 3.63. The Balaban J connectivity index is 2.01. The Labute approximate surface area is 147 Å². The second kappa shape index (κ2) is 7.79. The van der Waals surface area contributed by atoms with Crippen molar-refractivity contribution in [3.05, 3.63) is 60.1 Å². The molecule has 0 amide bonds. The number of anilines is 1. The summed E-state index contributed by atoms with van der Waals surface area (Å²) >= 11 is 0. The van der Waals surface area contributed by atoms with Crippen molar-refractivity contribution in [3.63, 3.8) is 0 Å². The van der Waals surface area contributed by atoms with E-state index in [4.69, 9.17) is 4.74 Å². The van der Waals surface area contributed by atoms with Gasteiger partial charge in [0.25, 0.3) is 0 Å². The van der Waals surface area contributed by atoms with Crippen molar-refractivity contribution in [1.29, 1.82) is 0 Å². The molecule has 0 radical (unpaired) electrons. The first-order valence-electron chi connectivity index (χ1n) is 8.51. The summed E-state index contributed by atoms with van der Waals surface area (Å²) in [5.74, 6) is -0.115. The minimum absolute atomic E-state index is 0.265. The number of hydrogen-bond donors (Lipinski definition) is 1. The molecule has 0 aliphatic carbocycles. The number of hydrogen-bond acceptors (Lipinski definition) is 5. The fraction of sp³-hybridized carbons (Fsp3) is 0.316. The van der Waals surface area contributed by atoms with Crippen LogP contribution in [0.2, 0.25) is 0 Å². The van der Waals surface area contributed by atoms with Crippen molar-refractivity contribution < 1.29 is 9.53 Å². The lowest BCUT2D eigenvalue weighted by atomic mass is 9.92. The molecule has 3 rings (SSSR count). The number of benzene rings is 1. The molecule has 0 saturated carbocycles. The molecule has 1 N–H and O–H groups in total. The van der Waals surface area contributed by atoms with Gasteiger partial charge in [0, 0.05) is 5.70 Å². The molecule has 0 spiro atoms. The van der Waals surface area contributed by atoms with Crippen molar-refractivity contribution in [2.24, 2.45) is 5.92 Å². The Bertz CT molecular complexity index is 780. The summed E-state index contributed by atoms with van der Waals surface area (Å²) in [6, 6.07) is 9.67. The highest BCUT2D eigenvalue weighted by atomic mass is 16.5. The molecule has 1 aromatic heterocycles. The molecule has 130 valence electrons. The predicted octanol–water partition coefficient (Wildman–Crippen LogP) is 3.43. The summed E-state index contributed by atoms with van der Waals surface area (Å²) in [7, 11) is 0. The van der Waals surface area contributed by atoms with Gasteiger partial charge in [-0.25, -0.2) is 4.68 Å². The maximum atomic E-state index is 12.6. The number of ether oxygens (including phenoxy) is 1. The second-order valence-electron chi connectivity index (χ2n) is 5.71. The van der Waals surface area contributed by atoms with Crippen LogP contribution in [0.4, 0.5) is 5.95 Å². The molecule has 2 heterocycles. The molecule has 2 atom stereocenters. The lowest BCUT2D eigenvalue weighted by Crippen LogP contribution is -2.36. The molecule has 1 aromatic carbocycles. The van der Waals surface area contributed by atoms with Crippen molar-refractivity contribution in [2.45, 2.75) is 26.3 Å². The van der Waals surface area contributed by atoms with Crippen molar-refractivity contribution in [2.75, 3.05) is 11.9 Å². The van der Waals surface area contributed by atoms with E-state index < -0.39 is 5.92 Å². The van der Waals surface area contributed by atoms with Crippen LogP contribution in [0.3, 0.4) is 0 Å². The van der Waals surface area contributed by atoms with E-state index >= 15 is 0 Å². The number of allylic oxidation sites excluding steroid dienone is 2. The third-order valence-corrected chi connectivity index (χ3v) is 4.04. The zero-order valence-corrected chi connectivity index (χ0v) is 14.4. The number of esters is 1. The van der Waals surface area contributed by atoms with Crippen LogP contribution in [0.25, 0.3) is 6.08 Å². The van der Waals surface area contributed by atoms with Gasteiger partial charge in [0.2, 0.25) is 5.95 Å². The van der Waals surface area contributed by atoms with E-state index in [1.807, 2.05) is 62.4 Å². The first kappa shape index (κ1) is 17.0. The lowest BCUT2D eigenvalue weighted by molar-refractivity contribution is -0.147. The summed E-state index contributed by atoms with van der Waals surface area (Å²) in [5.41, 5.74) is 1.87. The van der Waals surface area contributed by atoms with E-state index in [-0.39, 0.29) is 12.0 Å². The van der Waals surface area contributed by atoms with Crippen LogP contribution in [0, 0.1) is 5.92 Å². The topological polar surface area (TPSA) is 69.0 Å². The number of aromatic nitrogens is 3. The second-order valence-corrected chi connectivity index (χ2v) is 5.71. The van der Waals surface area contributed by atoms with Gasteiger partial charge in [0.1, 0.15) is 12.2 Å². The van der Waals surface area contributed by atoms with Gasteiger partial charge >= 0.3 is 5.97 Å². The standard InChI is InChI=1S/C19H22N4O2/c1-3-8-15-17(18(24)25-4-2)16(23-19(22-15)20-13-21-23)12-11-14-9-6-5-7-10-14/h5-13,16-17H,3-4H2,1-2H3,(H,20,21,22)/b12-11+,15-8+/t16-,17+/m1/s1. The molecule has 25 heavy (non-hydrogen) atoms. The Morgan fingerprint density at radius 2 is 2.12 bits per heavy atom. The van der Waals surface area contributed by atoms with Crippen molar-refractivity contribution in [3.8, 4) is 0 Å². The van der Waals surface area contributed by atoms with Crippen LogP contribution in [-0.2, 0) is 9.53 Å². The molecule has 0 saturated heterocycles. The van der Waals surface area contributed by atoms with Gasteiger partial charge in [-0.1, -0.05) is 55.5 Å². The number of carbonyl (C=O) groups excluding carboxylic acids is 1. The maximum Gasteiger partial charge on any atom is 0.317 e. The van der Waals surface area contributed by atoms with Crippen LogP contribution in [0.1, 0.15) is 31.9 Å². The third-order valence-electron chi connectivity index (χ3n) is 4.04. The first-order chi connectivity index (χ1) is 12.2. The fourth-order valence-electron chi connectivity index (χ4n) is 2.95. The minimum Gasteiger partial charge on any atom is -0.465 e. The van der Waals surface area contributed by atoms with Crippen LogP contribution in [-0.4, -0.2) is 27.3 Å². The molecule has 0 bridgehead atoms. The number of fused-ring (bicyclic) bond motifs is 1. The first-order valence-corrected chi connectivity index (χ1v) is 8.51. The molecular weight excluding hydrogens is 316 g/mol. The van der Waals surface area contributed by atoms with E-state index in [9.17, 15) is 4.79 Å². The minimum atomic E-state index is -0.478. The highest BCUT2D eigenvalue weighted by Gasteiger charge is 2.38. The largest absolute Gasteiger partial charge is 0.465 e. The number of nitrogens with zero attached hydrogens (tertiary/aromatic N) is 3. The van der Waals surface area contributed by atoms with Gasteiger partial charge < -0.3 is 10.1 Å². The van der Waals surface area contributed by atoms with Gasteiger partial charge in [-0.2, -0.15) is 10.1 Å². The van der Waals surface area contributed by atoms with Crippen LogP contribution < -0.4 is 5.32 Å². The Morgan fingerprint density at radius 1 is 1.32 bits per heavy atom. The molecule has 1 aliphatic heterocycles. The molecule has 1 aliphatic rings. The Kier molecular flexibility index (Phi) is 5.28. The monoisotopic (exact) mass is 338 g/mol. The fourth-order valence-corrected chi connectivity index (χ4v) is 2.95. The molecular formula is C19H22N4O2. The summed E-state index contributed by atoms with van der Waals surface area (Å²) < 4.78 is 7.05. The van der Waals surface area contributed by atoms with Gasteiger partial charge in [-0.3, -0.25) is 4.79 Å². The van der Waals surface area contributed by atoms with Crippen LogP contribution in [0.15, 0.2) is 54.5 Å². The number of carbonyl (C=O) groups is 1. The van der Waals surface area contributed by atoms with Crippen molar-refractivity contribution >= 4 is 18.0 Å². The lowest BCUT2D eigenvalue weighted by Gasteiger charge is -2.31. The van der Waals surface area contributed by atoms with Gasteiger partial charge in [0.15, 0.2) is 0 Å². The van der Waals surface area contributed by atoms with Gasteiger partial charge in [-0.15, -0.1) is 0 Å². The van der Waals surface area contributed by atoms with Crippen LogP contribution >= 0.6 is 0 Å².